The van der Waals surface area contributed by atoms with Gasteiger partial charge in [0.25, 0.3) is 0 Å². The van der Waals surface area contributed by atoms with Crippen LogP contribution in [0.1, 0.15) is 17.7 Å². The standard InChI is InChI=1S/C9H13NOS/c10-9(4-2-5-11-7-9)8-3-1-6-12-8/h1,3,6H,2,4-5,7,10H2. The first kappa shape index (κ1) is 8.23. The molecule has 1 aliphatic heterocycles. The van der Waals surface area contributed by atoms with Crippen molar-refractivity contribution < 1.29 is 4.74 Å². The Bertz CT molecular complexity index is 239. The molecule has 0 aromatic carbocycles. The van der Waals surface area contributed by atoms with E-state index in [1.807, 2.05) is 6.07 Å². The molecule has 2 heterocycles. The van der Waals surface area contributed by atoms with E-state index >= 15 is 0 Å². The maximum absolute atomic E-state index is 6.21. The third-order valence-corrected chi connectivity index (χ3v) is 3.37. The van der Waals surface area contributed by atoms with Crippen molar-refractivity contribution in [1.29, 1.82) is 0 Å². The van der Waals surface area contributed by atoms with Gasteiger partial charge >= 0.3 is 0 Å². The number of hydrogen-bond donors (Lipinski definition) is 1. The Hall–Kier alpha value is -0.380. The summed E-state index contributed by atoms with van der Waals surface area (Å²) < 4.78 is 5.39. The zero-order valence-electron chi connectivity index (χ0n) is 6.95. The first-order valence-electron chi connectivity index (χ1n) is 4.22. The molecule has 66 valence electrons. The smallest absolute Gasteiger partial charge is 0.0741 e. The molecular weight excluding hydrogens is 170 g/mol. The minimum atomic E-state index is -0.202. The summed E-state index contributed by atoms with van der Waals surface area (Å²) in [6, 6.07) is 4.14. The van der Waals surface area contributed by atoms with E-state index in [0.29, 0.717) is 6.61 Å². The minimum absolute atomic E-state index is 0.202. The fraction of sp³-hybridized carbons (Fsp3) is 0.556. The molecule has 1 fully saturated rings. The maximum Gasteiger partial charge on any atom is 0.0741 e. The summed E-state index contributed by atoms with van der Waals surface area (Å²) in [5, 5.41) is 2.07. The maximum atomic E-state index is 6.21. The SMILES string of the molecule is NC1(c2cccs2)CCCOC1. The molecule has 0 spiro atoms. The quantitative estimate of drug-likeness (QED) is 0.719. The van der Waals surface area contributed by atoms with Crippen LogP contribution in [0.25, 0.3) is 0 Å². The van der Waals surface area contributed by atoms with Gasteiger partial charge in [-0.2, -0.15) is 0 Å². The highest BCUT2D eigenvalue weighted by atomic mass is 32.1. The van der Waals surface area contributed by atoms with Crippen LogP contribution < -0.4 is 5.73 Å². The molecule has 0 bridgehead atoms. The van der Waals surface area contributed by atoms with Crippen LogP contribution in [-0.4, -0.2) is 13.2 Å². The third-order valence-electron chi connectivity index (χ3n) is 2.28. The van der Waals surface area contributed by atoms with Crippen molar-refractivity contribution in [2.24, 2.45) is 5.73 Å². The molecule has 1 aromatic rings. The second-order valence-corrected chi connectivity index (χ2v) is 4.24. The van der Waals surface area contributed by atoms with Gasteiger partial charge in [0.15, 0.2) is 0 Å². The molecule has 1 atom stereocenters. The largest absolute Gasteiger partial charge is 0.379 e. The van der Waals surface area contributed by atoms with Gasteiger partial charge in [-0.3, -0.25) is 0 Å². The number of rotatable bonds is 1. The normalized spacial score (nSPS) is 30.4. The lowest BCUT2D eigenvalue weighted by molar-refractivity contribution is 0.0381. The zero-order valence-corrected chi connectivity index (χ0v) is 7.77. The van der Waals surface area contributed by atoms with Crippen molar-refractivity contribution >= 4 is 11.3 Å². The fourth-order valence-electron chi connectivity index (χ4n) is 1.57. The highest BCUT2D eigenvalue weighted by molar-refractivity contribution is 7.10. The van der Waals surface area contributed by atoms with Crippen molar-refractivity contribution in [2.75, 3.05) is 13.2 Å². The molecule has 2 N–H and O–H groups in total. The van der Waals surface area contributed by atoms with Gasteiger partial charge < -0.3 is 10.5 Å². The third kappa shape index (κ3) is 1.40. The van der Waals surface area contributed by atoms with Crippen LogP contribution in [0.5, 0.6) is 0 Å². The average molecular weight is 183 g/mol. The van der Waals surface area contributed by atoms with E-state index in [1.165, 1.54) is 4.88 Å². The van der Waals surface area contributed by atoms with Gasteiger partial charge in [-0.1, -0.05) is 6.07 Å². The predicted octanol–water partition coefficient (Wildman–Crippen LogP) is 1.71. The molecule has 3 heteroatoms. The molecule has 0 radical (unpaired) electrons. The average Bonchev–Trinajstić information content (AvgIpc) is 2.58. The molecule has 1 unspecified atom stereocenters. The van der Waals surface area contributed by atoms with Crippen LogP contribution in [0.4, 0.5) is 0 Å². The first-order chi connectivity index (χ1) is 5.81. The Balaban J connectivity index is 2.19. The number of thiophene rings is 1. The minimum Gasteiger partial charge on any atom is -0.379 e. The Labute approximate surface area is 76.3 Å². The number of hydrogen-bond acceptors (Lipinski definition) is 3. The van der Waals surface area contributed by atoms with Crippen molar-refractivity contribution in [3.05, 3.63) is 22.4 Å². The molecule has 1 aromatic heterocycles. The summed E-state index contributed by atoms with van der Waals surface area (Å²) in [5.74, 6) is 0. The summed E-state index contributed by atoms with van der Waals surface area (Å²) in [5.41, 5.74) is 6.01. The number of nitrogens with two attached hydrogens (primary N) is 1. The molecule has 1 saturated heterocycles. The van der Waals surface area contributed by atoms with E-state index in [0.717, 1.165) is 19.4 Å². The molecule has 0 amide bonds. The lowest BCUT2D eigenvalue weighted by Crippen LogP contribution is -2.43. The summed E-state index contributed by atoms with van der Waals surface area (Å²) in [6.07, 6.45) is 2.13. The van der Waals surface area contributed by atoms with Crippen molar-refractivity contribution in [3.8, 4) is 0 Å². The monoisotopic (exact) mass is 183 g/mol. The van der Waals surface area contributed by atoms with Crippen molar-refractivity contribution in [1.82, 2.24) is 0 Å². The van der Waals surface area contributed by atoms with Gasteiger partial charge in [0, 0.05) is 11.5 Å². The van der Waals surface area contributed by atoms with E-state index < -0.39 is 0 Å². The second kappa shape index (κ2) is 3.17. The topological polar surface area (TPSA) is 35.2 Å². The highest BCUT2D eigenvalue weighted by Crippen LogP contribution is 2.30. The van der Waals surface area contributed by atoms with Crippen molar-refractivity contribution in [2.45, 2.75) is 18.4 Å². The molecule has 12 heavy (non-hydrogen) atoms. The van der Waals surface area contributed by atoms with E-state index in [-0.39, 0.29) is 5.54 Å². The van der Waals surface area contributed by atoms with Gasteiger partial charge in [-0.25, -0.2) is 0 Å². The lowest BCUT2D eigenvalue weighted by Gasteiger charge is -2.32. The summed E-state index contributed by atoms with van der Waals surface area (Å²) in [7, 11) is 0. The van der Waals surface area contributed by atoms with E-state index in [2.05, 4.69) is 11.4 Å². The van der Waals surface area contributed by atoms with Gasteiger partial charge in [0.2, 0.25) is 0 Å². The molecular formula is C9H13NOS. The molecule has 0 saturated carbocycles. The first-order valence-corrected chi connectivity index (χ1v) is 5.10. The Morgan fingerprint density at radius 2 is 2.50 bits per heavy atom. The van der Waals surface area contributed by atoms with Crippen LogP contribution >= 0.6 is 11.3 Å². The van der Waals surface area contributed by atoms with Crippen LogP contribution in [0.15, 0.2) is 17.5 Å². The molecule has 1 aliphatic rings. The Kier molecular flexibility index (Phi) is 2.17. The predicted molar refractivity (Wildman–Crippen MR) is 50.2 cm³/mol. The highest BCUT2D eigenvalue weighted by Gasteiger charge is 2.30. The van der Waals surface area contributed by atoms with Crippen molar-refractivity contribution in [3.63, 3.8) is 0 Å². The summed E-state index contributed by atoms with van der Waals surface area (Å²) in [4.78, 5) is 1.25. The fourth-order valence-corrected chi connectivity index (χ4v) is 2.43. The van der Waals surface area contributed by atoms with E-state index in [4.69, 9.17) is 10.5 Å². The van der Waals surface area contributed by atoms with Gasteiger partial charge in [0.1, 0.15) is 0 Å². The van der Waals surface area contributed by atoms with Gasteiger partial charge in [0.05, 0.1) is 12.1 Å². The second-order valence-electron chi connectivity index (χ2n) is 3.29. The van der Waals surface area contributed by atoms with E-state index in [9.17, 15) is 0 Å². The van der Waals surface area contributed by atoms with Crippen LogP contribution in [0, 0.1) is 0 Å². The van der Waals surface area contributed by atoms with E-state index in [1.54, 1.807) is 11.3 Å². The molecule has 0 aliphatic carbocycles. The zero-order chi connectivity index (χ0) is 8.44. The molecule has 2 nitrogen and oxygen atoms in total. The Morgan fingerprint density at radius 1 is 1.58 bits per heavy atom. The lowest BCUT2D eigenvalue weighted by atomic mass is 9.92. The van der Waals surface area contributed by atoms with Crippen LogP contribution in [0.3, 0.4) is 0 Å². The van der Waals surface area contributed by atoms with Gasteiger partial charge in [-0.15, -0.1) is 11.3 Å². The van der Waals surface area contributed by atoms with Crippen LogP contribution in [-0.2, 0) is 10.3 Å². The Morgan fingerprint density at radius 3 is 3.08 bits per heavy atom. The van der Waals surface area contributed by atoms with Gasteiger partial charge in [-0.05, 0) is 24.3 Å². The summed E-state index contributed by atoms with van der Waals surface area (Å²) >= 11 is 1.72. The number of ether oxygens (including phenoxy) is 1. The van der Waals surface area contributed by atoms with Crippen LogP contribution in [0.2, 0.25) is 0 Å². The molecule has 2 rings (SSSR count). The summed E-state index contributed by atoms with van der Waals surface area (Å²) in [6.45, 7) is 1.54.